The molecule has 0 amide bonds. The van der Waals surface area contributed by atoms with Crippen LogP contribution >= 0.6 is 0 Å². The molecule has 3 aromatic carbocycles. The van der Waals surface area contributed by atoms with Gasteiger partial charge in [0.1, 0.15) is 0 Å². The fourth-order valence-electron chi connectivity index (χ4n) is 5.44. The van der Waals surface area contributed by atoms with Crippen LogP contribution in [-0.2, 0) is 6.42 Å². The van der Waals surface area contributed by atoms with Gasteiger partial charge >= 0.3 is 0 Å². The molecule has 2 unspecified atom stereocenters. The van der Waals surface area contributed by atoms with E-state index in [4.69, 9.17) is 0 Å². The van der Waals surface area contributed by atoms with Gasteiger partial charge in [0.05, 0.1) is 17.2 Å². The van der Waals surface area contributed by atoms with Crippen LogP contribution in [0.25, 0.3) is 10.8 Å². The van der Waals surface area contributed by atoms with Gasteiger partial charge in [-0.15, -0.1) is 0 Å². The molecule has 0 radical (unpaired) electrons. The predicted molar refractivity (Wildman–Crippen MR) is 112 cm³/mol. The molecule has 0 spiro atoms. The lowest BCUT2D eigenvalue weighted by molar-refractivity contribution is 0.00220. The van der Waals surface area contributed by atoms with Crippen molar-refractivity contribution < 1.29 is 5.11 Å². The van der Waals surface area contributed by atoms with E-state index in [1.54, 1.807) is 0 Å². The Morgan fingerprint density at radius 1 is 0.893 bits per heavy atom. The first-order valence-corrected chi connectivity index (χ1v) is 10.1. The molecular weight excluding hydrogens is 344 g/mol. The maximum Gasteiger partial charge on any atom is 0.0998 e. The summed E-state index contributed by atoms with van der Waals surface area (Å²) >= 11 is 0. The molecule has 0 aliphatic carbocycles. The van der Waals surface area contributed by atoms with Gasteiger partial charge in [-0.1, -0.05) is 54.6 Å². The van der Waals surface area contributed by atoms with Crippen LogP contribution in [0.5, 0.6) is 0 Å². The molecule has 2 heterocycles. The van der Waals surface area contributed by atoms with Gasteiger partial charge in [0, 0.05) is 35.0 Å². The summed E-state index contributed by atoms with van der Waals surface area (Å²) in [6.07, 6.45) is 4.56. The lowest BCUT2D eigenvalue weighted by atomic mass is 9.81. The lowest BCUT2D eigenvalue weighted by Gasteiger charge is -2.45. The SMILES string of the molecule is N#Cc1ccc(N2C3CCC2CC(O)(Cc2ccccc2)C3)c2ccccc12. The van der Waals surface area contributed by atoms with Crippen LogP contribution in [-0.4, -0.2) is 22.8 Å². The third-order valence-electron chi connectivity index (χ3n) is 6.53. The Bertz CT molecular complexity index is 1040. The van der Waals surface area contributed by atoms with Crippen molar-refractivity contribution in [3.05, 3.63) is 77.9 Å². The van der Waals surface area contributed by atoms with Crippen LogP contribution in [0.1, 0.15) is 36.8 Å². The second-order valence-corrected chi connectivity index (χ2v) is 8.38. The molecule has 2 atom stereocenters. The van der Waals surface area contributed by atoms with Crippen molar-refractivity contribution in [2.45, 2.75) is 49.8 Å². The number of anilines is 1. The number of nitrogens with zero attached hydrogens (tertiary/aromatic N) is 2. The van der Waals surface area contributed by atoms with Gasteiger partial charge in [-0.3, -0.25) is 0 Å². The number of hydrogen-bond acceptors (Lipinski definition) is 3. The van der Waals surface area contributed by atoms with E-state index in [0.29, 0.717) is 12.1 Å². The maximum atomic E-state index is 11.4. The Hall–Kier alpha value is -2.83. The highest BCUT2D eigenvalue weighted by Crippen LogP contribution is 2.46. The fraction of sp³-hybridized carbons (Fsp3) is 0.320. The van der Waals surface area contributed by atoms with Gasteiger partial charge in [0.2, 0.25) is 0 Å². The third kappa shape index (κ3) is 2.85. The average molecular weight is 368 g/mol. The summed E-state index contributed by atoms with van der Waals surface area (Å²) in [5, 5.41) is 23.0. The van der Waals surface area contributed by atoms with Crippen molar-refractivity contribution in [3.63, 3.8) is 0 Å². The molecule has 2 fully saturated rings. The maximum absolute atomic E-state index is 11.4. The van der Waals surface area contributed by atoms with Crippen LogP contribution in [0, 0.1) is 11.3 Å². The van der Waals surface area contributed by atoms with Gasteiger partial charge in [-0.25, -0.2) is 0 Å². The summed E-state index contributed by atoms with van der Waals surface area (Å²) in [6, 6.07) is 25.6. The first-order chi connectivity index (χ1) is 13.7. The van der Waals surface area contributed by atoms with Gasteiger partial charge in [-0.2, -0.15) is 5.26 Å². The van der Waals surface area contributed by atoms with Gasteiger partial charge in [0.15, 0.2) is 0 Å². The first-order valence-electron chi connectivity index (χ1n) is 10.1. The first kappa shape index (κ1) is 17.3. The minimum absolute atomic E-state index is 0.351. The normalized spacial score (nSPS) is 26.4. The molecule has 3 aromatic rings. The van der Waals surface area contributed by atoms with Crippen molar-refractivity contribution in [1.82, 2.24) is 0 Å². The molecule has 0 aromatic heterocycles. The van der Waals surface area contributed by atoms with Crippen LogP contribution in [0.4, 0.5) is 5.69 Å². The van der Waals surface area contributed by atoms with E-state index < -0.39 is 5.60 Å². The second kappa shape index (κ2) is 6.65. The minimum Gasteiger partial charge on any atom is -0.389 e. The molecule has 5 rings (SSSR count). The van der Waals surface area contributed by atoms with Crippen molar-refractivity contribution >= 4 is 16.5 Å². The molecule has 2 bridgehead atoms. The zero-order chi connectivity index (χ0) is 19.1. The van der Waals surface area contributed by atoms with E-state index in [0.717, 1.165) is 48.4 Å². The molecule has 3 nitrogen and oxygen atoms in total. The standard InChI is InChI=1S/C25H24N2O/c26-17-19-10-13-24(23-9-5-4-8-22(19)23)27-20-11-12-21(27)16-25(28,15-20)14-18-6-2-1-3-7-18/h1-10,13,20-21,28H,11-12,14-16H2. The molecule has 0 saturated carbocycles. The summed E-state index contributed by atoms with van der Waals surface area (Å²) < 4.78 is 0. The zero-order valence-electron chi connectivity index (χ0n) is 15.9. The molecule has 2 aliphatic rings. The highest BCUT2D eigenvalue weighted by atomic mass is 16.3. The Kier molecular flexibility index (Phi) is 4.10. The highest BCUT2D eigenvalue weighted by Gasteiger charge is 2.47. The van der Waals surface area contributed by atoms with E-state index in [-0.39, 0.29) is 0 Å². The summed E-state index contributed by atoms with van der Waals surface area (Å²) in [5.74, 6) is 0. The van der Waals surface area contributed by atoms with Crippen molar-refractivity contribution in [3.8, 4) is 6.07 Å². The number of benzene rings is 3. The van der Waals surface area contributed by atoms with Gasteiger partial charge in [0.25, 0.3) is 0 Å². The van der Waals surface area contributed by atoms with Crippen LogP contribution in [0.15, 0.2) is 66.7 Å². The fourth-order valence-corrected chi connectivity index (χ4v) is 5.44. The number of fused-ring (bicyclic) bond motifs is 3. The van der Waals surface area contributed by atoms with E-state index >= 15 is 0 Å². The number of nitriles is 1. The summed E-state index contributed by atoms with van der Waals surface area (Å²) in [5.41, 5.74) is 2.52. The lowest BCUT2D eigenvalue weighted by Crippen LogP contribution is -2.52. The number of aliphatic hydroxyl groups is 1. The van der Waals surface area contributed by atoms with Crippen molar-refractivity contribution in [2.75, 3.05) is 4.90 Å². The number of piperidine rings is 1. The van der Waals surface area contributed by atoms with Gasteiger partial charge < -0.3 is 10.0 Å². The number of rotatable bonds is 3. The summed E-state index contributed by atoms with van der Waals surface area (Å²) in [4.78, 5) is 2.53. The molecule has 3 heteroatoms. The summed E-state index contributed by atoms with van der Waals surface area (Å²) in [6.45, 7) is 0. The minimum atomic E-state index is -0.633. The second-order valence-electron chi connectivity index (χ2n) is 8.38. The summed E-state index contributed by atoms with van der Waals surface area (Å²) in [7, 11) is 0. The van der Waals surface area contributed by atoms with E-state index in [1.807, 2.05) is 42.5 Å². The highest BCUT2D eigenvalue weighted by molar-refractivity contribution is 5.98. The predicted octanol–water partition coefficient (Wildman–Crippen LogP) is 4.82. The third-order valence-corrected chi connectivity index (χ3v) is 6.53. The molecule has 1 N–H and O–H groups in total. The van der Waals surface area contributed by atoms with Crippen LogP contribution in [0.3, 0.4) is 0 Å². The molecule has 140 valence electrons. The molecule has 2 aliphatic heterocycles. The average Bonchev–Trinajstić information content (AvgIpc) is 2.99. The van der Waals surface area contributed by atoms with Crippen LogP contribution < -0.4 is 4.90 Å². The Labute approximate surface area is 165 Å². The quantitative estimate of drug-likeness (QED) is 0.721. The monoisotopic (exact) mass is 368 g/mol. The zero-order valence-corrected chi connectivity index (χ0v) is 15.9. The largest absolute Gasteiger partial charge is 0.389 e. The van der Waals surface area contributed by atoms with Crippen molar-refractivity contribution in [1.29, 1.82) is 5.26 Å². The molecule has 28 heavy (non-hydrogen) atoms. The van der Waals surface area contributed by atoms with E-state index in [1.165, 1.54) is 11.3 Å². The van der Waals surface area contributed by atoms with Gasteiger partial charge in [-0.05, 0) is 43.4 Å². The number of hydrogen-bond donors (Lipinski definition) is 1. The van der Waals surface area contributed by atoms with E-state index in [9.17, 15) is 10.4 Å². The Balaban J connectivity index is 1.48. The topological polar surface area (TPSA) is 47.3 Å². The molecular formula is C25H24N2O. The van der Waals surface area contributed by atoms with E-state index in [2.05, 4.69) is 35.2 Å². The molecule has 2 saturated heterocycles. The van der Waals surface area contributed by atoms with Crippen molar-refractivity contribution in [2.24, 2.45) is 0 Å². The van der Waals surface area contributed by atoms with Crippen LogP contribution in [0.2, 0.25) is 0 Å². The smallest absolute Gasteiger partial charge is 0.0998 e. The Morgan fingerprint density at radius 3 is 2.21 bits per heavy atom. The Morgan fingerprint density at radius 2 is 1.54 bits per heavy atom.